The monoisotopic (exact) mass is 258 g/mol. The number of amides is 2. The molecule has 1 aliphatic heterocycles. The highest BCUT2D eigenvalue weighted by molar-refractivity contribution is 8.01. The van der Waals surface area contributed by atoms with Gasteiger partial charge in [-0.3, -0.25) is 14.5 Å². The Morgan fingerprint density at radius 1 is 1.56 bits per heavy atom. The van der Waals surface area contributed by atoms with Gasteiger partial charge in [0.15, 0.2) is 4.34 Å². The second-order valence-corrected chi connectivity index (χ2v) is 5.47. The Kier molecular flexibility index (Phi) is 3.39. The minimum atomic E-state index is -0.165. The quantitative estimate of drug-likeness (QED) is 0.787. The lowest BCUT2D eigenvalue weighted by Crippen LogP contribution is -2.33. The summed E-state index contributed by atoms with van der Waals surface area (Å²) in [4.78, 5) is 24.2. The van der Waals surface area contributed by atoms with E-state index in [1.54, 1.807) is 0 Å². The molecule has 86 valence electrons. The Hall–Kier alpha value is -1.15. The van der Waals surface area contributed by atoms with Crippen molar-refractivity contribution in [2.24, 2.45) is 0 Å². The molecule has 1 fully saturated rings. The highest BCUT2D eigenvalue weighted by Gasteiger charge is 2.26. The Morgan fingerprint density at radius 2 is 2.38 bits per heavy atom. The van der Waals surface area contributed by atoms with E-state index < -0.39 is 0 Å². The van der Waals surface area contributed by atoms with Crippen LogP contribution in [0.2, 0.25) is 0 Å². The summed E-state index contributed by atoms with van der Waals surface area (Å²) in [6, 6.07) is 0. The molecule has 0 saturated carbocycles. The van der Waals surface area contributed by atoms with Crippen molar-refractivity contribution in [3.63, 3.8) is 0 Å². The first-order valence-electron chi connectivity index (χ1n) is 4.72. The molecule has 0 atom stereocenters. The Labute approximate surface area is 100 Å². The molecule has 8 heteroatoms. The predicted octanol–water partition coefficient (Wildman–Crippen LogP) is 0.361. The van der Waals surface area contributed by atoms with Gasteiger partial charge in [-0.15, -0.1) is 10.2 Å². The number of anilines is 1. The number of rotatable bonds is 3. The average molecular weight is 258 g/mol. The Morgan fingerprint density at radius 3 is 2.94 bits per heavy atom. The molecule has 0 bridgehead atoms. The molecule has 2 heterocycles. The molecular formula is C8H10N4O2S2. The summed E-state index contributed by atoms with van der Waals surface area (Å²) in [5, 5.41) is 7.81. The van der Waals surface area contributed by atoms with E-state index in [0.29, 0.717) is 22.4 Å². The average Bonchev–Trinajstić information content (AvgIpc) is 2.84. The van der Waals surface area contributed by atoms with Crippen molar-refractivity contribution in [2.75, 3.05) is 18.0 Å². The predicted molar refractivity (Wildman–Crippen MR) is 61.0 cm³/mol. The number of nitrogen functional groups attached to an aromatic ring is 1. The number of carbonyl (C=O) groups is 2. The van der Waals surface area contributed by atoms with Gasteiger partial charge in [-0.2, -0.15) is 0 Å². The molecule has 0 unspecified atom stereocenters. The van der Waals surface area contributed by atoms with Crippen molar-refractivity contribution in [1.82, 2.24) is 15.1 Å². The van der Waals surface area contributed by atoms with Crippen LogP contribution < -0.4 is 5.73 Å². The maximum atomic E-state index is 11.6. The van der Waals surface area contributed by atoms with Crippen molar-refractivity contribution in [3.05, 3.63) is 0 Å². The smallest absolute Gasteiger partial charge is 0.239 e. The number of carbonyl (C=O) groups excluding carboxylic acids is 2. The molecule has 2 rings (SSSR count). The third-order valence-corrected chi connectivity index (χ3v) is 3.99. The van der Waals surface area contributed by atoms with Crippen LogP contribution >= 0.6 is 23.1 Å². The molecule has 0 aliphatic carbocycles. The minimum absolute atomic E-state index is 0.0811. The highest BCUT2D eigenvalue weighted by Crippen LogP contribution is 2.24. The highest BCUT2D eigenvalue weighted by atomic mass is 32.2. The van der Waals surface area contributed by atoms with Crippen LogP contribution in [0.1, 0.15) is 12.8 Å². The fourth-order valence-electron chi connectivity index (χ4n) is 1.39. The number of nitrogens with two attached hydrogens (primary N) is 1. The van der Waals surface area contributed by atoms with E-state index in [1.807, 2.05) is 0 Å². The topological polar surface area (TPSA) is 89.2 Å². The number of likely N-dealkylation sites (tertiary alicyclic amines) is 1. The Bertz CT molecular complexity index is 420. The zero-order valence-corrected chi connectivity index (χ0v) is 10.0. The van der Waals surface area contributed by atoms with Gasteiger partial charge in [-0.25, -0.2) is 0 Å². The summed E-state index contributed by atoms with van der Waals surface area (Å²) >= 11 is 2.50. The number of thioether (sulfide) groups is 1. The number of hydrogen-bond donors (Lipinski definition) is 1. The van der Waals surface area contributed by atoms with Crippen LogP contribution in [0.5, 0.6) is 0 Å². The lowest BCUT2D eigenvalue weighted by atomic mass is 10.4. The maximum Gasteiger partial charge on any atom is 0.239 e. The van der Waals surface area contributed by atoms with Crippen LogP contribution in [0.25, 0.3) is 0 Å². The van der Waals surface area contributed by atoms with Crippen molar-refractivity contribution >= 4 is 40.0 Å². The number of hydrogen-bond acceptors (Lipinski definition) is 7. The normalized spacial score (nSPS) is 15.8. The van der Waals surface area contributed by atoms with Crippen LogP contribution in [0, 0.1) is 0 Å². The van der Waals surface area contributed by atoms with Crippen molar-refractivity contribution in [1.29, 1.82) is 0 Å². The van der Waals surface area contributed by atoms with Gasteiger partial charge < -0.3 is 5.73 Å². The lowest BCUT2D eigenvalue weighted by molar-refractivity contribution is -0.140. The van der Waals surface area contributed by atoms with Crippen molar-refractivity contribution < 1.29 is 9.59 Å². The van der Waals surface area contributed by atoms with Gasteiger partial charge in [0.1, 0.15) is 0 Å². The standard InChI is InChI=1S/C8H10N4O2S2/c9-7-10-11-8(16-7)15-4-6(14)12-3-1-2-5(12)13/h1-4H2,(H2,9,10). The number of imide groups is 1. The second kappa shape index (κ2) is 4.79. The number of nitrogens with zero attached hydrogens (tertiary/aromatic N) is 3. The van der Waals surface area contributed by atoms with Gasteiger partial charge >= 0.3 is 0 Å². The van der Waals surface area contributed by atoms with Crippen LogP contribution in [-0.4, -0.2) is 39.2 Å². The first kappa shape index (κ1) is 11.3. The fraction of sp³-hybridized carbons (Fsp3) is 0.500. The molecule has 0 spiro atoms. The zero-order valence-electron chi connectivity index (χ0n) is 8.38. The summed E-state index contributed by atoms with van der Waals surface area (Å²) in [7, 11) is 0. The summed E-state index contributed by atoms with van der Waals surface area (Å²) in [6.07, 6.45) is 1.24. The fourth-order valence-corrected chi connectivity index (χ4v) is 2.90. The van der Waals surface area contributed by atoms with E-state index in [9.17, 15) is 9.59 Å². The maximum absolute atomic E-state index is 11.6. The molecule has 0 radical (unpaired) electrons. The molecule has 16 heavy (non-hydrogen) atoms. The summed E-state index contributed by atoms with van der Waals surface area (Å²) < 4.78 is 0.650. The van der Waals surface area contributed by atoms with E-state index in [0.717, 1.165) is 6.42 Å². The van der Waals surface area contributed by atoms with Gasteiger partial charge in [0.05, 0.1) is 5.75 Å². The summed E-state index contributed by atoms with van der Waals surface area (Å²) in [6.45, 7) is 0.538. The largest absolute Gasteiger partial charge is 0.374 e. The molecular weight excluding hydrogens is 248 g/mol. The first-order chi connectivity index (χ1) is 7.66. The lowest BCUT2D eigenvalue weighted by Gasteiger charge is -2.11. The van der Waals surface area contributed by atoms with Gasteiger partial charge in [0.25, 0.3) is 0 Å². The van der Waals surface area contributed by atoms with E-state index in [-0.39, 0.29) is 17.6 Å². The molecule has 1 aromatic rings. The van der Waals surface area contributed by atoms with Crippen molar-refractivity contribution in [3.8, 4) is 0 Å². The Balaban J connectivity index is 1.86. The van der Waals surface area contributed by atoms with E-state index in [2.05, 4.69) is 10.2 Å². The number of aromatic nitrogens is 2. The van der Waals surface area contributed by atoms with Crippen LogP contribution in [-0.2, 0) is 9.59 Å². The summed E-state index contributed by atoms with van der Waals surface area (Å²) in [5.74, 6) is -0.0379. The third kappa shape index (κ3) is 2.50. The van der Waals surface area contributed by atoms with Gasteiger partial charge in [-0.05, 0) is 6.42 Å². The van der Waals surface area contributed by atoms with Crippen LogP contribution in [0.15, 0.2) is 4.34 Å². The molecule has 1 aromatic heterocycles. The first-order valence-corrected chi connectivity index (χ1v) is 6.52. The van der Waals surface area contributed by atoms with Crippen molar-refractivity contribution in [2.45, 2.75) is 17.2 Å². The van der Waals surface area contributed by atoms with Gasteiger partial charge in [0.2, 0.25) is 16.9 Å². The van der Waals surface area contributed by atoms with Crippen LogP contribution in [0.3, 0.4) is 0 Å². The zero-order chi connectivity index (χ0) is 11.5. The van der Waals surface area contributed by atoms with Gasteiger partial charge in [-0.1, -0.05) is 23.1 Å². The van der Waals surface area contributed by atoms with E-state index >= 15 is 0 Å². The molecule has 2 amide bonds. The molecule has 2 N–H and O–H groups in total. The van der Waals surface area contributed by atoms with Gasteiger partial charge in [0, 0.05) is 13.0 Å². The SMILES string of the molecule is Nc1nnc(SCC(=O)N2CCCC2=O)s1. The third-order valence-electron chi connectivity index (χ3n) is 2.12. The van der Waals surface area contributed by atoms with E-state index in [1.165, 1.54) is 28.0 Å². The molecule has 1 aliphatic rings. The molecule has 6 nitrogen and oxygen atoms in total. The second-order valence-electron chi connectivity index (χ2n) is 3.24. The molecule has 0 aromatic carbocycles. The summed E-state index contributed by atoms with van der Waals surface area (Å²) in [5.41, 5.74) is 5.41. The molecule has 1 saturated heterocycles. The minimum Gasteiger partial charge on any atom is -0.374 e. The van der Waals surface area contributed by atoms with E-state index in [4.69, 9.17) is 5.73 Å². The van der Waals surface area contributed by atoms with Crippen LogP contribution in [0.4, 0.5) is 5.13 Å².